The normalized spacial score (nSPS) is 13.1. The Labute approximate surface area is 135 Å². The van der Waals surface area contributed by atoms with Crippen molar-refractivity contribution in [2.75, 3.05) is 13.1 Å². The summed E-state index contributed by atoms with van der Waals surface area (Å²) in [6.45, 7) is 7.93. The average Bonchev–Trinajstić information content (AvgIpc) is 2.43. The molecule has 2 N–H and O–H groups in total. The second kappa shape index (κ2) is 8.62. The molecule has 0 heterocycles. The maximum absolute atomic E-state index is 13.6. The second-order valence-corrected chi connectivity index (χ2v) is 6.15. The third-order valence-corrected chi connectivity index (χ3v) is 2.90. The third-order valence-electron chi connectivity index (χ3n) is 2.90. The summed E-state index contributed by atoms with van der Waals surface area (Å²) in [5.41, 5.74) is -0.245. The van der Waals surface area contributed by atoms with Crippen molar-refractivity contribution in [2.45, 2.75) is 39.3 Å². The van der Waals surface area contributed by atoms with Gasteiger partial charge in [-0.3, -0.25) is 0 Å². The van der Waals surface area contributed by atoms with Gasteiger partial charge in [-0.15, -0.1) is 0 Å². The van der Waals surface area contributed by atoms with E-state index in [1.807, 2.05) is 0 Å². The van der Waals surface area contributed by atoms with Gasteiger partial charge < -0.3 is 15.4 Å². The number of halogens is 2. The van der Waals surface area contributed by atoms with E-state index in [1.54, 1.807) is 39.8 Å². The molecule has 0 spiro atoms. The molecule has 128 valence electrons. The van der Waals surface area contributed by atoms with Crippen LogP contribution in [0.3, 0.4) is 0 Å². The monoisotopic (exact) mass is 326 g/mol. The quantitative estimate of drug-likeness (QED) is 0.784. The van der Waals surface area contributed by atoms with Crippen LogP contribution < -0.4 is 10.6 Å². The molecule has 1 rings (SSSR count). The minimum Gasteiger partial charge on any atom is -0.444 e. The zero-order valence-electron chi connectivity index (χ0n) is 14.0. The second-order valence-electron chi connectivity index (χ2n) is 6.15. The Morgan fingerprint density at radius 1 is 1.26 bits per heavy atom. The lowest BCUT2D eigenvalue weighted by molar-refractivity contribution is 0.0534. The zero-order valence-corrected chi connectivity index (χ0v) is 14.0. The van der Waals surface area contributed by atoms with Crippen molar-refractivity contribution in [3.63, 3.8) is 0 Å². The molecule has 1 aromatic rings. The van der Waals surface area contributed by atoms with Crippen LogP contribution >= 0.6 is 0 Å². The van der Waals surface area contributed by atoms with E-state index in [2.05, 4.69) is 10.6 Å². The molecule has 0 radical (unpaired) electrons. The van der Waals surface area contributed by atoms with E-state index in [9.17, 15) is 13.6 Å². The lowest BCUT2D eigenvalue weighted by atomic mass is 10.1. The molecule has 4 nitrogen and oxygen atoms in total. The number of carbonyl (C=O) groups excluding carboxylic acids is 1. The molecule has 0 aliphatic rings. The number of hydrogen-bond acceptors (Lipinski definition) is 3. The van der Waals surface area contributed by atoms with Gasteiger partial charge in [-0.2, -0.15) is 0 Å². The molecule has 0 aliphatic carbocycles. The van der Waals surface area contributed by atoms with Gasteiger partial charge in [0.05, 0.1) is 0 Å². The number of nitrogens with one attached hydrogen (secondary N) is 2. The molecular formula is C17H24F2N2O2. The van der Waals surface area contributed by atoms with Gasteiger partial charge in [0.15, 0.2) is 0 Å². The summed E-state index contributed by atoms with van der Waals surface area (Å²) < 4.78 is 31.8. The molecule has 1 unspecified atom stereocenters. The number of alkyl carbamates (subject to hydrolysis) is 1. The number of rotatable bonds is 6. The summed E-state index contributed by atoms with van der Waals surface area (Å²) in [6, 6.07) is 3.06. The van der Waals surface area contributed by atoms with Crippen molar-refractivity contribution >= 4 is 6.09 Å². The van der Waals surface area contributed by atoms with E-state index in [0.717, 1.165) is 12.1 Å². The molecule has 0 saturated carbocycles. The molecule has 23 heavy (non-hydrogen) atoms. The maximum Gasteiger partial charge on any atom is 0.407 e. The Morgan fingerprint density at radius 2 is 1.91 bits per heavy atom. The zero-order chi connectivity index (χ0) is 17.5. The van der Waals surface area contributed by atoms with Gasteiger partial charge in [0, 0.05) is 24.7 Å². The number of hydrogen-bond donors (Lipinski definition) is 2. The van der Waals surface area contributed by atoms with E-state index in [1.165, 1.54) is 6.07 Å². The first-order valence-corrected chi connectivity index (χ1v) is 7.49. The molecular weight excluding hydrogens is 302 g/mol. The smallest absolute Gasteiger partial charge is 0.407 e. The van der Waals surface area contributed by atoms with E-state index >= 15 is 0 Å². The Hall–Kier alpha value is -1.95. The first-order valence-electron chi connectivity index (χ1n) is 7.49. The van der Waals surface area contributed by atoms with Gasteiger partial charge in [0.25, 0.3) is 0 Å². The van der Waals surface area contributed by atoms with Crippen molar-refractivity contribution in [1.29, 1.82) is 0 Å². The van der Waals surface area contributed by atoms with Gasteiger partial charge in [-0.1, -0.05) is 12.2 Å². The van der Waals surface area contributed by atoms with Crippen LogP contribution in [0.1, 0.15) is 39.3 Å². The molecule has 6 heteroatoms. The van der Waals surface area contributed by atoms with Gasteiger partial charge >= 0.3 is 6.09 Å². The highest BCUT2D eigenvalue weighted by Crippen LogP contribution is 2.17. The topological polar surface area (TPSA) is 50.4 Å². The molecule has 0 aromatic heterocycles. The summed E-state index contributed by atoms with van der Waals surface area (Å²) >= 11 is 0. The molecule has 0 bridgehead atoms. The number of ether oxygens (including phenoxy) is 1. The molecule has 0 saturated heterocycles. The highest BCUT2D eigenvalue weighted by molar-refractivity contribution is 5.67. The molecule has 0 aliphatic heterocycles. The van der Waals surface area contributed by atoms with E-state index < -0.39 is 23.3 Å². The summed E-state index contributed by atoms with van der Waals surface area (Å²) in [5, 5.41) is 5.65. The van der Waals surface area contributed by atoms with Gasteiger partial charge in [-0.05, 0) is 45.9 Å². The molecule has 0 fully saturated rings. The Kier molecular flexibility index (Phi) is 7.16. The summed E-state index contributed by atoms with van der Waals surface area (Å²) in [6.07, 6.45) is 3.07. The standard InChI is InChI=1S/C17H24F2N2O2/c1-12(14-11-13(18)7-8-15(14)19)20-9-5-6-10-21-16(22)23-17(2,3)4/h5-8,11-12,20H,9-10H2,1-4H3,(H,21,22)/b6-5+. The minimum atomic E-state index is -0.528. The Balaban J connectivity index is 2.31. The number of carbonyl (C=O) groups is 1. The molecule has 1 amide bonds. The fourth-order valence-corrected chi connectivity index (χ4v) is 1.82. The Morgan fingerprint density at radius 3 is 2.57 bits per heavy atom. The maximum atomic E-state index is 13.6. The van der Waals surface area contributed by atoms with Crippen LogP contribution in [0.5, 0.6) is 0 Å². The van der Waals surface area contributed by atoms with Crippen molar-refractivity contribution in [3.8, 4) is 0 Å². The van der Waals surface area contributed by atoms with Gasteiger partial charge in [-0.25, -0.2) is 13.6 Å². The molecule has 1 aromatic carbocycles. The predicted molar refractivity (Wildman–Crippen MR) is 86.2 cm³/mol. The number of benzene rings is 1. The van der Waals surface area contributed by atoms with Crippen LogP contribution in [0.4, 0.5) is 13.6 Å². The highest BCUT2D eigenvalue weighted by atomic mass is 19.1. The van der Waals surface area contributed by atoms with Crippen LogP contribution in [0.15, 0.2) is 30.4 Å². The van der Waals surface area contributed by atoms with Crippen molar-refractivity contribution in [3.05, 3.63) is 47.5 Å². The first-order chi connectivity index (χ1) is 10.7. The van der Waals surface area contributed by atoms with Crippen LogP contribution in [0, 0.1) is 11.6 Å². The summed E-state index contributed by atoms with van der Waals surface area (Å²) in [4.78, 5) is 11.4. The van der Waals surface area contributed by atoms with Crippen molar-refractivity contribution in [2.24, 2.45) is 0 Å². The SMILES string of the molecule is CC(NC/C=C/CNC(=O)OC(C)(C)C)c1cc(F)ccc1F. The first kappa shape index (κ1) is 19.1. The minimum absolute atomic E-state index is 0.283. The Bertz CT molecular complexity index is 554. The lowest BCUT2D eigenvalue weighted by Gasteiger charge is -2.19. The largest absolute Gasteiger partial charge is 0.444 e. The summed E-state index contributed by atoms with van der Waals surface area (Å²) in [5.74, 6) is -0.908. The van der Waals surface area contributed by atoms with E-state index in [0.29, 0.717) is 13.1 Å². The van der Waals surface area contributed by atoms with Crippen LogP contribution in [0.25, 0.3) is 0 Å². The predicted octanol–water partition coefficient (Wildman–Crippen LogP) is 3.70. The summed E-state index contributed by atoms with van der Waals surface area (Å²) in [7, 11) is 0. The van der Waals surface area contributed by atoms with Gasteiger partial charge in [0.2, 0.25) is 0 Å². The fourth-order valence-electron chi connectivity index (χ4n) is 1.82. The number of amides is 1. The van der Waals surface area contributed by atoms with E-state index in [-0.39, 0.29) is 11.6 Å². The van der Waals surface area contributed by atoms with E-state index in [4.69, 9.17) is 4.74 Å². The molecule has 1 atom stereocenters. The van der Waals surface area contributed by atoms with Crippen molar-refractivity contribution < 1.29 is 18.3 Å². The van der Waals surface area contributed by atoms with Crippen LogP contribution in [0.2, 0.25) is 0 Å². The van der Waals surface area contributed by atoms with Crippen LogP contribution in [-0.4, -0.2) is 24.8 Å². The third kappa shape index (κ3) is 7.74. The highest BCUT2D eigenvalue weighted by Gasteiger charge is 2.15. The average molecular weight is 326 g/mol. The lowest BCUT2D eigenvalue weighted by Crippen LogP contribution is -2.32. The fraction of sp³-hybridized carbons (Fsp3) is 0.471. The van der Waals surface area contributed by atoms with Gasteiger partial charge in [0.1, 0.15) is 17.2 Å². The van der Waals surface area contributed by atoms with Crippen molar-refractivity contribution in [1.82, 2.24) is 10.6 Å². The van der Waals surface area contributed by atoms with Crippen LogP contribution in [-0.2, 0) is 4.74 Å².